The molecule has 3 N–H and O–H groups in total. The molecule has 2 aliphatic heterocycles. The molecule has 1 saturated heterocycles. The molecule has 2 aliphatic rings. The van der Waals surface area contributed by atoms with Crippen LogP contribution in [-0.4, -0.2) is 31.8 Å². The largest absolute Gasteiger partial charge is 0.547 e. The summed E-state index contributed by atoms with van der Waals surface area (Å²) in [6.07, 6.45) is 0.686. The van der Waals surface area contributed by atoms with E-state index in [1.165, 1.54) is 12.1 Å². The molecule has 0 bridgehead atoms. The molecule has 2 heterocycles. The third kappa shape index (κ3) is 5.07. The number of piperidine rings is 1. The van der Waals surface area contributed by atoms with E-state index in [0.717, 1.165) is 33.3 Å². The van der Waals surface area contributed by atoms with Crippen molar-refractivity contribution < 1.29 is 18.7 Å². The van der Waals surface area contributed by atoms with Crippen molar-refractivity contribution in [1.29, 1.82) is 5.26 Å². The number of hydrogen-bond donors (Lipinski definition) is 2. The summed E-state index contributed by atoms with van der Waals surface area (Å²) in [4.78, 5) is 28.2. The topological polar surface area (TPSA) is 108 Å². The predicted octanol–water partition coefficient (Wildman–Crippen LogP) is 6.80. The van der Waals surface area contributed by atoms with E-state index >= 15 is 0 Å². The highest BCUT2D eigenvalue weighted by atomic mass is 35.5. The van der Waals surface area contributed by atoms with Gasteiger partial charge in [0.2, 0.25) is 0 Å². The molecule has 0 aliphatic carbocycles. The Hall–Kier alpha value is -4.75. The van der Waals surface area contributed by atoms with Crippen molar-refractivity contribution in [3.05, 3.63) is 119 Å². The first-order valence-electron chi connectivity index (χ1n) is 14.3. The zero-order valence-electron chi connectivity index (χ0n) is 23.8. The number of fused-ring (bicyclic) bond motifs is 2. The monoisotopic (exact) mass is 610 g/mol. The normalized spacial score (nSPS) is 18.3. The van der Waals surface area contributed by atoms with Gasteiger partial charge in [0.25, 0.3) is 0 Å². The fourth-order valence-electron chi connectivity index (χ4n) is 6.53. The minimum Gasteiger partial charge on any atom is -0.413 e. The van der Waals surface area contributed by atoms with E-state index in [1.54, 1.807) is 18.2 Å². The maximum absolute atomic E-state index is 14.7. The second-order valence-electron chi connectivity index (χ2n) is 11.2. The summed E-state index contributed by atoms with van der Waals surface area (Å²) in [5.74, 6) is -0.672. The highest BCUT2D eigenvalue weighted by Crippen LogP contribution is 2.53. The highest BCUT2D eigenvalue weighted by Gasteiger charge is 2.64. The summed E-state index contributed by atoms with van der Waals surface area (Å²) < 4.78 is 19.6. The third-order valence-corrected chi connectivity index (χ3v) is 8.88. The molecule has 1 atom stereocenters. The zero-order valence-corrected chi connectivity index (χ0v) is 24.6. The summed E-state index contributed by atoms with van der Waals surface area (Å²) in [5, 5.41) is 13.9. The van der Waals surface area contributed by atoms with E-state index in [4.69, 9.17) is 22.1 Å². The Bertz CT molecular complexity index is 1790. The number of rotatable bonds is 4. The first-order chi connectivity index (χ1) is 21.3. The minimum absolute atomic E-state index is 0.0375. The van der Waals surface area contributed by atoms with Gasteiger partial charge in [0.15, 0.2) is 5.69 Å². The quantitative estimate of drug-likeness (QED) is 0.247. The number of ether oxygens (including phenoxy) is 1. The number of carbonyl (C=O) groups excluding carboxylic acids is 2. The number of primary amides is 1. The number of quaternary nitrogens is 1. The molecule has 222 valence electrons. The molecule has 1 unspecified atom stereocenters. The number of benzene rings is 4. The lowest BCUT2D eigenvalue weighted by atomic mass is 9.74. The first-order valence-corrected chi connectivity index (χ1v) is 14.7. The van der Waals surface area contributed by atoms with Gasteiger partial charge in [-0.1, -0.05) is 70.8 Å². The first kappa shape index (κ1) is 29.3. The van der Waals surface area contributed by atoms with E-state index in [0.29, 0.717) is 37.2 Å². The predicted molar refractivity (Wildman–Crippen MR) is 167 cm³/mol. The Kier molecular flexibility index (Phi) is 7.82. The fraction of sp³-hybridized carbons (Fsp3) is 0.206. The van der Waals surface area contributed by atoms with Crippen LogP contribution in [0.5, 0.6) is 0 Å². The molecule has 1 spiro atoms. The molecule has 6 rings (SSSR count). The van der Waals surface area contributed by atoms with E-state index in [2.05, 4.69) is 11.4 Å². The molecule has 1 fully saturated rings. The van der Waals surface area contributed by atoms with E-state index < -0.39 is 27.9 Å². The molecule has 4 aromatic rings. The van der Waals surface area contributed by atoms with Crippen molar-refractivity contribution in [2.24, 2.45) is 5.73 Å². The zero-order chi connectivity index (χ0) is 30.9. The molecular formula is C34H30ClFN5O3+. The van der Waals surface area contributed by atoms with Crippen LogP contribution >= 0.6 is 11.6 Å². The number of hydrogen-bond acceptors (Lipinski definition) is 5. The third-order valence-electron chi connectivity index (χ3n) is 8.59. The SMILES string of the molecule is N#Cc1cccc(-c2ccc3c(c2)[N+](C(=O)OCc2ccccc2)(N(C(N)=O)c2ccc(F)c(Cl)c2)CC32CCNCC2)c1. The maximum Gasteiger partial charge on any atom is 0.547 e. The van der Waals surface area contributed by atoms with E-state index in [-0.39, 0.29) is 23.9 Å². The van der Waals surface area contributed by atoms with Crippen LogP contribution in [0.3, 0.4) is 0 Å². The van der Waals surface area contributed by atoms with Crippen molar-refractivity contribution >= 4 is 35.1 Å². The number of nitrogens with zero attached hydrogens (tertiary/aromatic N) is 3. The van der Waals surface area contributed by atoms with E-state index in [9.17, 15) is 19.2 Å². The standard InChI is InChI=1S/C34H29ClFN5O3/c35-29-19-27(10-12-30(29)36)40(32(38)42)41(33(43)44-21-23-5-2-1-3-6-23)22-34(13-15-39-16-14-34)28-11-9-26(18-31(28)41)25-8-4-7-24(17-25)20-37/h1-12,17-19,39H,13-16,21-22H2,(H-,38,42)/p+1. The molecule has 0 radical (unpaired) electrons. The van der Waals surface area contributed by atoms with Crippen LogP contribution in [0.4, 0.5) is 25.4 Å². The summed E-state index contributed by atoms with van der Waals surface area (Å²) in [6.45, 7) is 1.54. The number of nitriles is 1. The number of nitrogens with one attached hydrogen (secondary N) is 1. The van der Waals surface area contributed by atoms with Crippen LogP contribution in [0.25, 0.3) is 11.1 Å². The molecular weight excluding hydrogens is 581 g/mol. The summed E-state index contributed by atoms with van der Waals surface area (Å²) in [5.41, 5.74) is 9.94. The lowest BCUT2D eigenvalue weighted by Gasteiger charge is -2.40. The number of halogens is 2. The molecule has 0 saturated carbocycles. The summed E-state index contributed by atoms with van der Waals surface area (Å²) in [6, 6.07) is 27.3. The molecule has 10 heteroatoms. The van der Waals surface area contributed by atoms with Crippen molar-refractivity contribution in [2.75, 3.05) is 24.6 Å². The lowest BCUT2D eigenvalue weighted by Crippen LogP contribution is -2.69. The number of anilines is 1. The van der Waals surface area contributed by atoms with Gasteiger partial charge < -0.3 is 15.8 Å². The van der Waals surface area contributed by atoms with Gasteiger partial charge >= 0.3 is 12.1 Å². The molecule has 4 aromatic carbocycles. The van der Waals surface area contributed by atoms with Gasteiger partial charge in [-0.25, -0.2) is 9.18 Å². The molecule has 44 heavy (non-hydrogen) atoms. The molecule has 8 nitrogen and oxygen atoms in total. The Morgan fingerprint density at radius 2 is 1.75 bits per heavy atom. The van der Waals surface area contributed by atoms with Gasteiger partial charge in [-0.2, -0.15) is 10.1 Å². The van der Waals surface area contributed by atoms with Gasteiger partial charge in [-0.15, -0.1) is 5.01 Å². The second-order valence-corrected chi connectivity index (χ2v) is 11.6. The van der Waals surface area contributed by atoms with Gasteiger partial charge in [-0.3, -0.25) is 0 Å². The smallest absolute Gasteiger partial charge is 0.413 e. The van der Waals surface area contributed by atoms with Gasteiger partial charge in [0.05, 0.1) is 22.1 Å². The van der Waals surface area contributed by atoms with Crippen LogP contribution in [0.1, 0.15) is 29.5 Å². The molecule has 0 aromatic heterocycles. The van der Waals surface area contributed by atoms with Crippen LogP contribution in [0, 0.1) is 17.1 Å². The minimum atomic E-state index is -0.932. The summed E-state index contributed by atoms with van der Waals surface area (Å²) in [7, 11) is 0. The number of amides is 3. The lowest BCUT2D eigenvalue weighted by molar-refractivity contribution is 0.0902. The Balaban J connectivity index is 1.60. The van der Waals surface area contributed by atoms with Crippen LogP contribution < -0.4 is 20.7 Å². The second kappa shape index (κ2) is 11.7. The van der Waals surface area contributed by atoms with Gasteiger partial charge in [0.1, 0.15) is 24.7 Å². The number of nitrogens with two attached hydrogens (primary N) is 1. The van der Waals surface area contributed by atoms with Crippen LogP contribution in [0.2, 0.25) is 5.02 Å². The van der Waals surface area contributed by atoms with Crippen molar-refractivity contribution in [3.63, 3.8) is 0 Å². The van der Waals surface area contributed by atoms with E-state index in [1.807, 2.05) is 54.6 Å². The summed E-state index contributed by atoms with van der Waals surface area (Å²) >= 11 is 6.20. The van der Waals surface area contributed by atoms with Crippen LogP contribution in [0.15, 0.2) is 91.0 Å². The fourth-order valence-corrected chi connectivity index (χ4v) is 6.71. The Morgan fingerprint density at radius 1 is 1.00 bits per heavy atom. The number of urea groups is 1. The van der Waals surface area contributed by atoms with Crippen molar-refractivity contribution in [2.45, 2.75) is 24.9 Å². The maximum atomic E-state index is 14.7. The highest BCUT2D eigenvalue weighted by molar-refractivity contribution is 6.31. The van der Waals surface area contributed by atoms with Crippen molar-refractivity contribution in [3.8, 4) is 17.2 Å². The van der Waals surface area contributed by atoms with Gasteiger partial charge in [-0.05, 0) is 73.0 Å². The number of carbonyl (C=O) groups is 2. The Labute approximate surface area is 259 Å². The van der Waals surface area contributed by atoms with Crippen LogP contribution in [-0.2, 0) is 16.8 Å². The average molecular weight is 611 g/mol. The average Bonchev–Trinajstić information content (AvgIpc) is 3.31. The van der Waals surface area contributed by atoms with Crippen molar-refractivity contribution in [1.82, 2.24) is 9.91 Å². The molecule has 3 amide bonds. The Morgan fingerprint density at radius 3 is 2.45 bits per heavy atom. The van der Waals surface area contributed by atoms with Gasteiger partial charge in [0, 0.05) is 11.6 Å².